The lowest BCUT2D eigenvalue weighted by Gasteiger charge is -1.87. The lowest BCUT2D eigenvalue weighted by atomic mass is 10.4. The highest BCUT2D eigenvalue weighted by atomic mass is 16.8. The van der Waals surface area contributed by atoms with E-state index >= 15 is 0 Å². The highest BCUT2D eigenvalue weighted by Gasteiger charge is 2.24. The molecule has 1 unspecified atom stereocenters. The number of cyclic esters (lactones) is 2. The Morgan fingerprint density at radius 3 is 2.75 bits per heavy atom. The van der Waals surface area contributed by atoms with Gasteiger partial charge < -0.3 is 9.47 Å². The molecule has 1 aliphatic heterocycles. The van der Waals surface area contributed by atoms with Gasteiger partial charge >= 0.3 is 6.16 Å². The van der Waals surface area contributed by atoms with Crippen molar-refractivity contribution in [2.75, 3.05) is 6.61 Å². The number of hydrogen-bond donors (Lipinski definition) is 0. The molecule has 8 heavy (non-hydrogen) atoms. The van der Waals surface area contributed by atoms with E-state index in [4.69, 9.17) is 0 Å². The second-order valence-corrected chi connectivity index (χ2v) is 1.29. The monoisotopic (exact) mass is 115 g/mol. The van der Waals surface area contributed by atoms with Gasteiger partial charge in [0.2, 0.25) is 12.4 Å². The summed E-state index contributed by atoms with van der Waals surface area (Å²) in [5.74, 6) is 0. The van der Waals surface area contributed by atoms with Gasteiger partial charge in [-0.2, -0.15) is 0 Å². The smallest absolute Gasteiger partial charge is 0.430 e. The van der Waals surface area contributed by atoms with E-state index < -0.39 is 12.3 Å². The first-order chi connectivity index (χ1) is 3.83. The van der Waals surface area contributed by atoms with Gasteiger partial charge in [-0.1, -0.05) is 0 Å². The van der Waals surface area contributed by atoms with Gasteiger partial charge in [0.1, 0.15) is 6.61 Å². The summed E-state index contributed by atoms with van der Waals surface area (Å²) >= 11 is 0. The molecule has 1 atom stereocenters. The Labute approximate surface area is 45.4 Å². The Kier molecular flexibility index (Phi) is 1.15. The standard InChI is InChI=1S/C4H3O4/c5-1-3-2-7-4(6)8-3/h3H,2H2. The Balaban J connectivity index is 2.43. The zero-order valence-corrected chi connectivity index (χ0v) is 3.92. The highest BCUT2D eigenvalue weighted by Crippen LogP contribution is 2.01. The van der Waals surface area contributed by atoms with Crippen molar-refractivity contribution in [2.24, 2.45) is 0 Å². The van der Waals surface area contributed by atoms with Crippen LogP contribution < -0.4 is 0 Å². The molecule has 0 saturated carbocycles. The summed E-state index contributed by atoms with van der Waals surface area (Å²) in [5, 5.41) is 0. The molecule has 0 spiro atoms. The van der Waals surface area contributed by atoms with E-state index in [0.29, 0.717) is 0 Å². The van der Waals surface area contributed by atoms with Gasteiger partial charge in [0.05, 0.1) is 0 Å². The van der Waals surface area contributed by atoms with Crippen LogP contribution in [-0.4, -0.2) is 25.2 Å². The first kappa shape index (κ1) is 5.08. The molecule has 0 bridgehead atoms. The minimum absolute atomic E-state index is 0.00231. The average molecular weight is 115 g/mol. The van der Waals surface area contributed by atoms with Crippen LogP contribution in [0.15, 0.2) is 0 Å². The zero-order chi connectivity index (χ0) is 5.98. The Hall–Kier alpha value is -1.06. The van der Waals surface area contributed by atoms with Crippen molar-refractivity contribution in [3.05, 3.63) is 0 Å². The van der Waals surface area contributed by atoms with Crippen molar-refractivity contribution in [3.8, 4) is 0 Å². The summed E-state index contributed by atoms with van der Waals surface area (Å²) in [5.41, 5.74) is 0. The van der Waals surface area contributed by atoms with Gasteiger partial charge in [0.15, 0.2) is 0 Å². The maximum atomic E-state index is 9.99. The summed E-state index contributed by atoms with van der Waals surface area (Å²) in [6.45, 7) is 0.00231. The molecule has 1 heterocycles. The van der Waals surface area contributed by atoms with E-state index in [1.54, 1.807) is 0 Å². The second kappa shape index (κ2) is 1.81. The first-order valence-electron chi connectivity index (χ1n) is 2.04. The number of ether oxygens (including phenoxy) is 2. The highest BCUT2D eigenvalue weighted by molar-refractivity contribution is 5.69. The molecule has 0 aromatic heterocycles. The quantitative estimate of drug-likeness (QED) is 0.437. The molecule has 1 saturated heterocycles. The van der Waals surface area contributed by atoms with Gasteiger partial charge in [-0.25, -0.2) is 4.79 Å². The molecule has 4 heteroatoms. The van der Waals surface area contributed by atoms with Crippen molar-refractivity contribution in [1.82, 2.24) is 0 Å². The summed E-state index contributed by atoms with van der Waals surface area (Å²) in [4.78, 5) is 19.7. The summed E-state index contributed by atoms with van der Waals surface area (Å²) < 4.78 is 8.46. The predicted octanol–water partition coefficient (Wildman–Crippen LogP) is -0.369. The minimum Gasteiger partial charge on any atom is -0.430 e. The fourth-order valence-electron chi connectivity index (χ4n) is 0.386. The lowest BCUT2D eigenvalue weighted by molar-refractivity contribution is 0.126. The molecule has 1 radical (unpaired) electrons. The fraction of sp³-hybridized carbons (Fsp3) is 0.500. The third-order valence-corrected chi connectivity index (χ3v) is 0.722. The fourth-order valence-corrected chi connectivity index (χ4v) is 0.386. The van der Waals surface area contributed by atoms with Crippen LogP contribution in [0.4, 0.5) is 4.79 Å². The molecule has 0 N–H and O–H groups in total. The zero-order valence-electron chi connectivity index (χ0n) is 3.92. The van der Waals surface area contributed by atoms with E-state index in [-0.39, 0.29) is 6.61 Å². The van der Waals surface area contributed by atoms with Gasteiger partial charge in [0, 0.05) is 0 Å². The number of hydrogen-bond acceptors (Lipinski definition) is 4. The van der Waals surface area contributed by atoms with E-state index in [2.05, 4.69) is 9.47 Å². The molecule has 43 valence electrons. The van der Waals surface area contributed by atoms with Gasteiger partial charge in [-0.05, 0) is 0 Å². The Bertz CT molecular complexity index is 119. The van der Waals surface area contributed by atoms with Crippen molar-refractivity contribution in [2.45, 2.75) is 6.10 Å². The van der Waals surface area contributed by atoms with Gasteiger partial charge in [0.25, 0.3) is 0 Å². The third-order valence-electron chi connectivity index (χ3n) is 0.722. The molecule has 1 aliphatic rings. The topological polar surface area (TPSA) is 52.6 Å². The number of carbonyl (C=O) groups is 1. The van der Waals surface area contributed by atoms with E-state index in [1.165, 1.54) is 6.29 Å². The first-order valence-corrected chi connectivity index (χ1v) is 2.04. The maximum Gasteiger partial charge on any atom is 0.509 e. The molecule has 0 amide bonds. The second-order valence-electron chi connectivity index (χ2n) is 1.29. The van der Waals surface area contributed by atoms with Crippen LogP contribution in [0.25, 0.3) is 0 Å². The van der Waals surface area contributed by atoms with Crippen LogP contribution in [0.3, 0.4) is 0 Å². The Morgan fingerprint density at radius 1 is 1.75 bits per heavy atom. The number of carbonyl (C=O) groups excluding carboxylic acids is 2. The van der Waals surface area contributed by atoms with Gasteiger partial charge in [-0.15, -0.1) is 0 Å². The average Bonchev–Trinajstić information content (AvgIpc) is 2.14. The van der Waals surface area contributed by atoms with Crippen molar-refractivity contribution < 1.29 is 19.1 Å². The summed E-state index contributed by atoms with van der Waals surface area (Å²) in [7, 11) is 0. The molecular weight excluding hydrogens is 112 g/mol. The largest absolute Gasteiger partial charge is 0.509 e. The summed E-state index contributed by atoms with van der Waals surface area (Å²) in [6.07, 6.45) is -0.120. The number of rotatable bonds is 1. The van der Waals surface area contributed by atoms with Crippen LogP contribution in [0.1, 0.15) is 0 Å². The molecule has 1 fully saturated rings. The van der Waals surface area contributed by atoms with Crippen molar-refractivity contribution in [1.29, 1.82) is 0 Å². The summed E-state index contributed by atoms with van der Waals surface area (Å²) in [6, 6.07) is 0. The van der Waals surface area contributed by atoms with Crippen LogP contribution in [-0.2, 0) is 14.3 Å². The minimum atomic E-state index is -0.803. The van der Waals surface area contributed by atoms with Crippen LogP contribution in [0, 0.1) is 0 Å². The van der Waals surface area contributed by atoms with E-state index in [1.807, 2.05) is 0 Å². The molecule has 0 aliphatic carbocycles. The van der Waals surface area contributed by atoms with Crippen LogP contribution >= 0.6 is 0 Å². The molecule has 4 nitrogen and oxygen atoms in total. The van der Waals surface area contributed by atoms with E-state index in [0.717, 1.165) is 0 Å². The van der Waals surface area contributed by atoms with Crippen LogP contribution in [0.5, 0.6) is 0 Å². The van der Waals surface area contributed by atoms with Crippen LogP contribution in [0.2, 0.25) is 0 Å². The SMILES string of the molecule is O=[C]C1COC(=O)O1. The third kappa shape index (κ3) is 0.776. The molecule has 0 aromatic rings. The molecular formula is C4H3O4. The van der Waals surface area contributed by atoms with Gasteiger partial charge in [-0.3, -0.25) is 4.79 Å². The lowest BCUT2D eigenvalue weighted by Crippen LogP contribution is -2.09. The van der Waals surface area contributed by atoms with E-state index in [9.17, 15) is 9.59 Å². The maximum absolute atomic E-state index is 9.99. The Morgan fingerprint density at radius 2 is 2.50 bits per heavy atom. The normalized spacial score (nSPS) is 26.5. The van der Waals surface area contributed by atoms with Crippen molar-refractivity contribution >= 4 is 12.4 Å². The molecule has 0 aromatic carbocycles. The predicted molar refractivity (Wildman–Crippen MR) is 21.9 cm³/mol. The van der Waals surface area contributed by atoms with Crippen molar-refractivity contribution in [3.63, 3.8) is 0 Å². The molecule has 1 rings (SSSR count).